The molecule has 140 valence electrons. The van der Waals surface area contributed by atoms with E-state index in [2.05, 4.69) is 16.4 Å². The van der Waals surface area contributed by atoms with E-state index in [1.165, 1.54) is 63.9 Å². The van der Waals surface area contributed by atoms with Gasteiger partial charge in [-0.05, 0) is 30.0 Å². The summed E-state index contributed by atoms with van der Waals surface area (Å²) < 4.78 is 26.8. The maximum absolute atomic E-state index is 11.9. The molecule has 0 aliphatic rings. The number of azide groups is 1. The van der Waals surface area contributed by atoms with Crippen molar-refractivity contribution >= 4 is 10.0 Å². The quantitative estimate of drug-likeness (QED) is 0.162. The van der Waals surface area contributed by atoms with E-state index in [9.17, 15) is 8.42 Å². The predicted octanol–water partition coefficient (Wildman–Crippen LogP) is 6.54. The molecule has 0 saturated heterocycles. The van der Waals surface area contributed by atoms with Crippen molar-refractivity contribution in [3.05, 3.63) is 40.3 Å². The van der Waals surface area contributed by atoms with E-state index in [0.29, 0.717) is 6.42 Å². The Kier molecular flexibility index (Phi) is 11.0. The molecule has 0 saturated carbocycles. The third-order valence-corrected chi connectivity index (χ3v) is 5.69. The van der Waals surface area contributed by atoms with Crippen LogP contribution >= 0.6 is 0 Å². The Balaban J connectivity index is 2.24. The molecule has 0 N–H and O–H groups in total. The lowest BCUT2D eigenvalue weighted by Crippen LogP contribution is -2.01. The lowest BCUT2D eigenvalue weighted by atomic mass is 10.0. The summed E-state index contributed by atoms with van der Waals surface area (Å²) in [5.74, 6) is 0. The van der Waals surface area contributed by atoms with Crippen LogP contribution in [0, 0.1) is 0 Å². The number of unbranched alkanes of at least 4 members (excludes halogenated alkanes) is 10. The number of aryl methyl sites for hydroxylation is 1. The second-order valence-corrected chi connectivity index (χ2v) is 8.09. The van der Waals surface area contributed by atoms with E-state index < -0.39 is 10.0 Å². The zero-order valence-electron chi connectivity index (χ0n) is 15.4. The Bertz CT molecular complexity index is 638. The summed E-state index contributed by atoms with van der Waals surface area (Å²) in [4.78, 5) is 2.56. The molecule has 1 aromatic rings. The first kappa shape index (κ1) is 21.5. The van der Waals surface area contributed by atoms with Crippen molar-refractivity contribution in [3.8, 4) is 0 Å². The van der Waals surface area contributed by atoms with Crippen molar-refractivity contribution in [1.82, 2.24) is 0 Å². The summed E-state index contributed by atoms with van der Waals surface area (Å²) in [5, 5.41) is 0. The highest BCUT2D eigenvalue weighted by molar-refractivity contribution is 7.90. The number of rotatable bonds is 14. The van der Waals surface area contributed by atoms with Gasteiger partial charge in [-0.3, -0.25) is 0 Å². The highest BCUT2D eigenvalue weighted by Gasteiger charge is 2.15. The first-order valence-corrected chi connectivity index (χ1v) is 10.9. The summed E-state index contributed by atoms with van der Waals surface area (Å²) in [5.41, 5.74) is 9.15. The van der Waals surface area contributed by atoms with Crippen molar-refractivity contribution in [2.45, 2.75) is 88.9 Å². The van der Waals surface area contributed by atoms with Crippen molar-refractivity contribution in [2.75, 3.05) is 0 Å². The SMILES string of the molecule is CCCCCCCCCCCCCc1ccccc1S(=O)(=O)N=[N+]=[N-]. The van der Waals surface area contributed by atoms with Gasteiger partial charge in [0, 0.05) is 9.43 Å². The van der Waals surface area contributed by atoms with Crippen LogP contribution in [0.1, 0.15) is 83.1 Å². The zero-order valence-corrected chi connectivity index (χ0v) is 16.2. The zero-order chi connectivity index (χ0) is 18.4. The Morgan fingerprint density at radius 2 is 1.40 bits per heavy atom. The molecule has 0 bridgehead atoms. The van der Waals surface area contributed by atoms with Crippen LogP contribution < -0.4 is 0 Å². The van der Waals surface area contributed by atoms with Crippen molar-refractivity contribution < 1.29 is 8.42 Å². The average Bonchev–Trinajstić information content (AvgIpc) is 2.60. The molecule has 0 fully saturated rings. The van der Waals surface area contributed by atoms with E-state index in [0.717, 1.165) is 18.4 Å². The Morgan fingerprint density at radius 1 is 0.880 bits per heavy atom. The van der Waals surface area contributed by atoms with E-state index >= 15 is 0 Å². The predicted molar refractivity (Wildman–Crippen MR) is 103 cm³/mol. The third-order valence-electron chi connectivity index (χ3n) is 4.44. The summed E-state index contributed by atoms with van der Waals surface area (Å²) in [6.07, 6.45) is 14.6. The number of benzene rings is 1. The van der Waals surface area contributed by atoms with E-state index in [4.69, 9.17) is 5.53 Å². The fourth-order valence-electron chi connectivity index (χ4n) is 3.03. The van der Waals surface area contributed by atoms with Gasteiger partial charge in [0.25, 0.3) is 10.0 Å². The maximum atomic E-state index is 11.9. The molecule has 0 spiro atoms. The highest BCUT2D eigenvalue weighted by atomic mass is 32.2. The largest absolute Gasteiger partial charge is 0.264 e. The van der Waals surface area contributed by atoms with E-state index in [1.54, 1.807) is 12.1 Å². The molecular weight excluding hydrogens is 334 g/mol. The van der Waals surface area contributed by atoms with Gasteiger partial charge >= 0.3 is 0 Å². The smallest absolute Gasteiger partial charge is 0.216 e. The lowest BCUT2D eigenvalue weighted by Gasteiger charge is -2.07. The van der Waals surface area contributed by atoms with Gasteiger partial charge in [-0.1, -0.05) is 89.3 Å². The van der Waals surface area contributed by atoms with Crippen LogP contribution in [-0.4, -0.2) is 8.42 Å². The molecule has 0 atom stereocenters. The molecule has 0 aromatic heterocycles. The minimum Gasteiger partial charge on any atom is -0.216 e. The van der Waals surface area contributed by atoms with Crippen LogP contribution in [0.4, 0.5) is 0 Å². The van der Waals surface area contributed by atoms with Gasteiger partial charge in [0.2, 0.25) is 0 Å². The molecule has 6 heteroatoms. The third kappa shape index (κ3) is 8.94. The molecule has 0 radical (unpaired) electrons. The molecule has 1 rings (SSSR count). The number of hydrogen-bond acceptors (Lipinski definition) is 2. The minimum absolute atomic E-state index is 0.139. The molecule has 0 amide bonds. The van der Waals surface area contributed by atoms with Crippen LogP contribution in [0.15, 0.2) is 33.7 Å². The summed E-state index contributed by atoms with van der Waals surface area (Å²) >= 11 is 0. The monoisotopic (exact) mass is 365 g/mol. The van der Waals surface area contributed by atoms with E-state index in [1.807, 2.05) is 6.07 Å². The van der Waals surface area contributed by atoms with Gasteiger partial charge < -0.3 is 0 Å². The van der Waals surface area contributed by atoms with Gasteiger partial charge in [0.05, 0.1) is 4.90 Å². The topological polar surface area (TPSA) is 82.9 Å². The van der Waals surface area contributed by atoms with Gasteiger partial charge in [0.1, 0.15) is 0 Å². The van der Waals surface area contributed by atoms with E-state index in [-0.39, 0.29) is 4.90 Å². The molecular formula is C19H31N3O2S. The first-order valence-electron chi connectivity index (χ1n) is 9.51. The highest BCUT2D eigenvalue weighted by Crippen LogP contribution is 2.21. The lowest BCUT2D eigenvalue weighted by molar-refractivity contribution is 0.549. The normalized spacial score (nSPS) is 11.2. The molecule has 0 unspecified atom stereocenters. The fraction of sp³-hybridized carbons (Fsp3) is 0.684. The Morgan fingerprint density at radius 3 is 1.96 bits per heavy atom. The molecule has 0 heterocycles. The van der Waals surface area contributed by atoms with Gasteiger partial charge in [-0.25, -0.2) is 8.42 Å². The van der Waals surface area contributed by atoms with Crippen LogP contribution in [-0.2, 0) is 16.4 Å². The van der Waals surface area contributed by atoms with Crippen molar-refractivity contribution in [2.24, 2.45) is 4.52 Å². The fourth-order valence-corrected chi connectivity index (χ4v) is 3.97. The van der Waals surface area contributed by atoms with Crippen LogP contribution in [0.25, 0.3) is 10.4 Å². The molecule has 25 heavy (non-hydrogen) atoms. The van der Waals surface area contributed by atoms with Gasteiger partial charge in [0.15, 0.2) is 0 Å². The number of sulfonamides is 1. The van der Waals surface area contributed by atoms with Crippen LogP contribution in [0.5, 0.6) is 0 Å². The average molecular weight is 366 g/mol. The second-order valence-electron chi connectivity index (χ2n) is 6.54. The van der Waals surface area contributed by atoms with Crippen LogP contribution in [0.3, 0.4) is 0 Å². The van der Waals surface area contributed by atoms with Gasteiger partial charge in [-0.15, -0.1) is 0 Å². The van der Waals surface area contributed by atoms with Crippen molar-refractivity contribution in [3.63, 3.8) is 0 Å². The van der Waals surface area contributed by atoms with Crippen molar-refractivity contribution in [1.29, 1.82) is 0 Å². The Hall–Kier alpha value is -1.52. The summed E-state index contributed by atoms with van der Waals surface area (Å²) in [7, 11) is -3.90. The Labute approximate surface area is 152 Å². The second kappa shape index (κ2) is 12.8. The molecule has 1 aromatic carbocycles. The summed E-state index contributed by atoms with van der Waals surface area (Å²) in [6.45, 7) is 2.24. The van der Waals surface area contributed by atoms with Crippen LogP contribution in [0.2, 0.25) is 0 Å². The maximum Gasteiger partial charge on any atom is 0.264 e. The minimum atomic E-state index is -3.90. The van der Waals surface area contributed by atoms with Gasteiger partial charge in [-0.2, -0.15) is 0 Å². The summed E-state index contributed by atoms with van der Waals surface area (Å²) in [6, 6.07) is 6.79. The first-order chi connectivity index (χ1) is 12.1. The molecule has 0 aliphatic carbocycles. The number of hydrogen-bond donors (Lipinski definition) is 0. The number of nitrogens with zero attached hydrogens (tertiary/aromatic N) is 3. The molecule has 5 nitrogen and oxygen atoms in total. The standard InChI is InChI=1S/C19H31N3O2S/c1-2-3-4-5-6-7-8-9-10-11-12-15-18-16-13-14-17-19(18)25(23,24)22-21-20/h13-14,16-17H,2-12,15H2,1H3. The molecule has 0 aliphatic heterocycles.